The number of halogens is 2. The van der Waals surface area contributed by atoms with Gasteiger partial charge in [0.15, 0.2) is 5.78 Å². The summed E-state index contributed by atoms with van der Waals surface area (Å²) in [5, 5.41) is 0. The average Bonchev–Trinajstić information content (AvgIpc) is 2.75. The van der Waals surface area contributed by atoms with Gasteiger partial charge in [-0.25, -0.2) is 0 Å². The summed E-state index contributed by atoms with van der Waals surface area (Å²) in [6.45, 7) is 10.6. The van der Waals surface area contributed by atoms with Crippen LogP contribution in [0, 0.1) is 5.92 Å². The summed E-state index contributed by atoms with van der Waals surface area (Å²) in [5.74, 6) is 0.262. The zero-order valence-corrected chi connectivity index (χ0v) is 19.4. The van der Waals surface area contributed by atoms with Crippen molar-refractivity contribution in [3.05, 3.63) is 71.8 Å². The van der Waals surface area contributed by atoms with E-state index in [0.717, 1.165) is 51.4 Å². The number of carbonyl (C=O) groups excluding carboxylic acids is 1. The highest BCUT2D eigenvalue weighted by Crippen LogP contribution is 2.20. The summed E-state index contributed by atoms with van der Waals surface area (Å²) in [4.78, 5) is 17.5. The third-order valence-corrected chi connectivity index (χ3v) is 5.47. The van der Waals surface area contributed by atoms with Gasteiger partial charge in [-0.1, -0.05) is 67.6 Å². The molecule has 1 saturated heterocycles. The highest BCUT2D eigenvalue weighted by molar-refractivity contribution is 5.97. The molecule has 1 heterocycles. The highest BCUT2D eigenvalue weighted by Gasteiger charge is 2.24. The summed E-state index contributed by atoms with van der Waals surface area (Å²) in [5.41, 5.74) is 2.06. The van der Waals surface area contributed by atoms with Crippen LogP contribution in [0.2, 0.25) is 0 Å². The summed E-state index contributed by atoms with van der Waals surface area (Å²) >= 11 is 0. The topological polar surface area (TPSA) is 32.8 Å². The van der Waals surface area contributed by atoms with E-state index in [1.54, 1.807) is 0 Å². The zero-order chi connectivity index (χ0) is 19.8. The number of ether oxygens (including phenoxy) is 1. The van der Waals surface area contributed by atoms with E-state index in [-0.39, 0.29) is 42.6 Å². The summed E-state index contributed by atoms with van der Waals surface area (Å²) in [6, 6.07) is 20.1. The molecule has 0 amide bonds. The fraction of sp³-hybridized carbons (Fsp3) is 0.458. The molecule has 2 unspecified atom stereocenters. The molecule has 30 heavy (non-hydrogen) atoms. The third kappa shape index (κ3) is 7.68. The Hall–Kier alpha value is -1.43. The zero-order valence-electron chi connectivity index (χ0n) is 17.8. The number of ketones is 1. The van der Waals surface area contributed by atoms with Gasteiger partial charge in [-0.3, -0.25) is 9.69 Å². The third-order valence-electron chi connectivity index (χ3n) is 5.47. The predicted octanol–water partition coefficient (Wildman–Crippen LogP) is -2.09. The molecule has 0 bridgehead atoms. The van der Waals surface area contributed by atoms with Gasteiger partial charge in [0.05, 0.1) is 6.10 Å². The molecule has 0 spiro atoms. The first-order valence-electron chi connectivity index (χ1n) is 10.4. The number of hydrogen-bond donors (Lipinski definition) is 0. The Morgan fingerprint density at radius 3 is 1.90 bits per heavy atom. The maximum absolute atomic E-state index is 12.6. The van der Waals surface area contributed by atoms with Crippen LogP contribution >= 0.6 is 0 Å². The van der Waals surface area contributed by atoms with Crippen LogP contribution < -0.4 is 24.8 Å². The normalized spacial score (nSPS) is 16.7. The van der Waals surface area contributed by atoms with Crippen molar-refractivity contribution < 1.29 is 34.3 Å². The maximum Gasteiger partial charge on any atom is 0.166 e. The summed E-state index contributed by atoms with van der Waals surface area (Å²) in [6.07, 6.45) is 0.122. The van der Waals surface area contributed by atoms with Crippen LogP contribution in [-0.4, -0.2) is 61.5 Å². The molecule has 2 aromatic rings. The number of carbonyl (C=O) groups is 1. The van der Waals surface area contributed by atoms with Gasteiger partial charge >= 0.3 is 0 Å². The molecule has 1 aliphatic heterocycles. The molecule has 4 nitrogen and oxygen atoms in total. The molecule has 2 aromatic carbocycles. The molecule has 2 atom stereocenters. The minimum Gasteiger partial charge on any atom is -1.00 e. The number of Topliss-reactive ketones (excluding diaryl/α,β-unsaturated/α-hetero) is 1. The molecular weight excluding hydrogens is 419 g/mol. The van der Waals surface area contributed by atoms with Crippen LogP contribution in [0.4, 0.5) is 0 Å². The molecule has 0 N–H and O–H groups in total. The molecule has 0 saturated carbocycles. The van der Waals surface area contributed by atoms with Crippen LogP contribution in [0.15, 0.2) is 60.7 Å². The van der Waals surface area contributed by atoms with Crippen molar-refractivity contribution in [1.29, 1.82) is 0 Å². The van der Waals surface area contributed by atoms with Gasteiger partial charge in [-0.2, -0.15) is 0 Å². The molecule has 0 aliphatic carbocycles. The van der Waals surface area contributed by atoms with Gasteiger partial charge in [0.1, 0.15) is 0 Å². The van der Waals surface area contributed by atoms with Gasteiger partial charge < -0.3 is 34.5 Å². The largest absolute Gasteiger partial charge is 1.00 e. The quantitative estimate of drug-likeness (QED) is 0.410. The number of benzene rings is 2. The SMILES string of the molecule is CCOC(CN1CCN(CC(C)C(=O)c2ccccc2)CC1)c1ccccc1.[Cl-].[Cl-]. The van der Waals surface area contributed by atoms with E-state index in [1.165, 1.54) is 5.56 Å². The number of rotatable bonds is 9. The molecule has 1 aliphatic rings. The van der Waals surface area contributed by atoms with Crippen LogP contribution in [0.25, 0.3) is 0 Å². The Kier molecular flexibility index (Phi) is 12.2. The van der Waals surface area contributed by atoms with Gasteiger partial charge in [-0.15, -0.1) is 0 Å². The Balaban J connectivity index is 0.00000225. The molecule has 6 heteroatoms. The first-order chi connectivity index (χ1) is 13.7. The highest BCUT2D eigenvalue weighted by atomic mass is 35.5. The summed E-state index contributed by atoms with van der Waals surface area (Å²) < 4.78 is 6.00. The second-order valence-electron chi connectivity index (χ2n) is 7.59. The Bertz CT molecular complexity index is 723. The van der Waals surface area contributed by atoms with Crippen molar-refractivity contribution in [1.82, 2.24) is 9.80 Å². The molecule has 0 radical (unpaired) electrons. The summed E-state index contributed by atoms with van der Waals surface area (Å²) in [7, 11) is 0. The molecule has 166 valence electrons. The van der Waals surface area contributed by atoms with Gasteiger partial charge in [-0.05, 0) is 12.5 Å². The van der Waals surface area contributed by atoms with Crippen molar-refractivity contribution in [2.45, 2.75) is 20.0 Å². The van der Waals surface area contributed by atoms with E-state index in [2.05, 4.69) is 41.0 Å². The van der Waals surface area contributed by atoms with Gasteiger partial charge in [0.2, 0.25) is 0 Å². The first kappa shape index (κ1) is 26.6. The lowest BCUT2D eigenvalue weighted by Gasteiger charge is -2.37. The molecule has 1 fully saturated rings. The first-order valence-corrected chi connectivity index (χ1v) is 10.4. The van der Waals surface area contributed by atoms with Gasteiger partial charge in [0.25, 0.3) is 0 Å². The van der Waals surface area contributed by atoms with E-state index in [9.17, 15) is 4.79 Å². The lowest BCUT2D eigenvalue weighted by molar-refractivity contribution is -0.001000. The number of nitrogens with zero attached hydrogens (tertiary/aromatic N) is 2. The standard InChI is InChI=1S/C24H32N2O2.2ClH/c1-3-28-23(21-10-6-4-7-11-21)19-26-16-14-25(15-17-26)18-20(2)24(27)22-12-8-5-9-13-22;;/h4-13,20,23H,3,14-19H2,1-2H3;2*1H/p-2. The lowest BCUT2D eigenvalue weighted by Crippen LogP contribution is -3.00. The van der Waals surface area contributed by atoms with Crippen molar-refractivity contribution in [3.8, 4) is 0 Å². The Morgan fingerprint density at radius 2 is 1.37 bits per heavy atom. The molecular formula is C24H32Cl2N2O2-2. The van der Waals surface area contributed by atoms with Crippen molar-refractivity contribution in [2.75, 3.05) is 45.9 Å². The van der Waals surface area contributed by atoms with E-state index >= 15 is 0 Å². The Morgan fingerprint density at radius 1 is 0.867 bits per heavy atom. The maximum atomic E-state index is 12.6. The predicted molar refractivity (Wildman–Crippen MR) is 114 cm³/mol. The van der Waals surface area contributed by atoms with E-state index in [1.807, 2.05) is 43.3 Å². The number of piperazine rings is 1. The van der Waals surface area contributed by atoms with Crippen LogP contribution in [0.5, 0.6) is 0 Å². The fourth-order valence-electron chi connectivity index (χ4n) is 3.87. The smallest absolute Gasteiger partial charge is 0.166 e. The van der Waals surface area contributed by atoms with Crippen LogP contribution in [0.3, 0.4) is 0 Å². The van der Waals surface area contributed by atoms with E-state index in [4.69, 9.17) is 4.74 Å². The minimum absolute atomic E-state index is 0. The second kappa shape index (κ2) is 13.8. The average molecular weight is 451 g/mol. The number of hydrogen-bond acceptors (Lipinski definition) is 4. The molecule has 3 rings (SSSR count). The molecule has 0 aromatic heterocycles. The van der Waals surface area contributed by atoms with Crippen molar-refractivity contribution in [3.63, 3.8) is 0 Å². The Labute approximate surface area is 193 Å². The monoisotopic (exact) mass is 450 g/mol. The van der Waals surface area contributed by atoms with Crippen molar-refractivity contribution in [2.24, 2.45) is 5.92 Å². The van der Waals surface area contributed by atoms with E-state index < -0.39 is 0 Å². The van der Waals surface area contributed by atoms with Gasteiger partial charge in [0, 0.05) is 57.4 Å². The lowest BCUT2D eigenvalue weighted by atomic mass is 9.98. The van der Waals surface area contributed by atoms with E-state index in [0.29, 0.717) is 0 Å². The minimum atomic E-state index is 0. The second-order valence-corrected chi connectivity index (χ2v) is 7.59. The van der Waals surface area contributed by atoms with Crippen LogP contribution in [-0.2, 0) is 4.74 Å². The fourth-order valence-corrected chi connectivity index (χ4v) is 3.87. The van der Waals surface area contributed by atoms with Crippen LogP contribution in [0.1, 0.15) is 35.9 Å². The van der Waals surface area contributed by atoms with Crippen molar-refractivity contribution >= 4 is 5.78 Å².